The van der Waals surface area contributed by atoms with Crippen LogP contribution in [0.5, 0.6) is 0 Å². The molecule has 0 amide bonds. The van der Waals surface area contributed by atoms with E-state index in [4.69, 9.17) is 30.6 Å². The first kappa shape index (κ1) is 135. The maximum absolute atomic E-state index is 11.2. The first-order valence-corrected chi connectivity index (χ1v) is 68.9. The predicted molar refractivity (Wildman–Crippen MR) is 565 cm³/mol. The third-order valence-corrected chi connectivity index (χ3v) is 44.4. The molecule has 0 aromatic heterocycles. The lowest BCUT2D eigenvalue weighted by Gasteiger charge is -2.08. The number of esters is 6. The molecule has 0 rings (SSSR count). The van der Waals surface area contributed by atoms with Crippen LogP contribution < -0.4 is 0 Å². The molecule has 0 aromatic carbocycles. The van der Waals surface area contributed by atoms with Gasteiger partial charge in [0.1, 0.15) is 44.0 Å². The molecule has 0 aromatic rings. The highest BCUT2D eigenvalue weighted by atomic mass is 33.1. The second kappa shape index (κ2) is 112. The Morgan fingerprint density at radius 3 is 0.566 bits per heavy atom. The fourth-order valence-corrected chi connectivity index (χ4v) is 32.3. The molecule has 0 fully saturated rings. The molecule has 0 spiro atoms. The number of ether oxygens (including phenoxy) is 6. The molecule has 0 aliphatic heterocycles. The molecule has 0 bridgehead atoms. The zero-order chi connectivity index (χ0) is 92.4. The summed E-state index contributed by atoms with van der Waals surface area (Å²) < 4.78 is 27.6. The Morgan fingerprint density at radius 2 is 0.377 bits per heavy atom. The average Bonchev–Trinajstić information content (AvgIpc) is 1.01. The van der Waals surface area contributed by atoms with E-state index in [1.807, 2.05) is 35.4 Å². The SMILES string of the molecule is CC(SSCCCCCCSSC(C)C(=O)O)C(=O)O.COC(=O)C(C)SSCCCCCCSSC(C)C(=O)OC.COC(=O)CCSSCCCCCCSSCCC(=O)OC.COC(=O)CSSCCCCCCSSCC(=O)OC.O=C(O)CCSSCCCCCCSSCCC(=O)O.O=C(O)CSSCCCCCCSSCC(=O)O. The van der Waals surface area contributed by atoms with E-state index in [1.54, 1.807) is 208 Å². The molecule has 0 saturated carbocycles. The summed E-state index contributed by atoms with van der Waals surface area (Å²) in [6, 6.07) is 0. The Balaban J connectivity index is -0.000000331. The van der Waals surface area contributed by atoms with Crippen molar-refractivity contribution < 1.29 is 117 Å². The van der Waals surface area contributed by atoms with Gasteiger partial charge in [0.05, 0.1) is 68.3 Å². The van der Waals surface area contributed by atoms with Crippen LogP contribution in [0.15, 0.2) is 0 Å². The molecule has 0 radical (unpaired) electrons. The Bertz CT molecular complexity index is 2330. The van der Waals surface area contributed by atoms with E-state index in [0.29, 0.717) is 35.9 Å². The van der Waals surface area contributed by atoms with Gasteiger partial charge in [-0.15, -0.1) is 0 Å². The maximum atomic E-state index is 11.2. The zero-order valence-electron chi connectivity index (χ0n) is 72.1. The first-order chi connectivity index (χ1) is 58.6. The molecular weight excluding hydrogens is 2040 g/mol. The number of hydrogen-bond donors (Lipinski definition) is 6. The van der Waals surface area contributed by atoms with Crippen LogP contribution >= 0.6 is 259 Å². The molecule has 4 unspecified atom stereocenters. The van der Waals surface area contributed by atoms with Gasteiger partial charge >= 0.3 is 71.6 Å². The van der Waals surface area contributed by atoms with Gasteiger partial charge in [-0.05, 0) is 105 Å². The van der Waals surface area contributed by atoms with Crippen molar-refractivity contribution >= 4 is 331 Å². The highest BCUT2D eigenvalue weighted by Gasteiger charge is 2.17. The number of carboxylic acids is 6. The second-order valence-corrected chi connectivity index (χ2v) is 56.7. The van der Waals surface area contributed by atoms with Crippen LogP contribution in [-0.4, -0.2) is 281 Å². The fourth-order valence-electron chi connectivity index (χ4n) is 7.05. The number of carbonyl (C=O) groups excluding carboxylic acids is 6. The third kappa shape index (κ3) is 124. The van der Waals surface area contributed by atoms with E-state index in [9.17, 15) is 57.5 Å². The third-order valence-electron chi connectivity index (χ3n) is 13.7. The summed E-state index contributed by atoms with van der Waals surface area (Å²) in [6.07, 6.45) is 29.9. The molecule has 48 heteroatoms. The number of unbranched alkanes of at least 4 members (excludes halogenated alkanes) is 18. The minimum absolute atomic E-state index is 0.0970. The second-order valence-electron chi connectivity index (χ2n) is 24.2. The minimum atomic E-state index is -0.761. The lowest BCUT2D eigenvalue weighted by atomic mass is 10.2. The summed E-state index contributed by atoms with van der Waals surface area (Å²) in [5.41, 5.74) is 0. The van der Waals surface area contributed by atoms with E-state index in [0.717, 1.165) is 132 Å². The minimum Gasteiger partial charge on any atom is -0.481 e. The van der Waals surface area contributed by atoms with Crippen LogP contribution in [0.25, 0.3) is 0 Å². The number of rotatable bonds is 82. The zero-order valence-corrected chi connectivity index (χ0v) is 91.7. The maximum Gasteiger partial charge on any atom is 0.319 e. The number of hydrogen-bond acceptors (Lipinski definition) is 42. The van der Waals surface area contributed by atoms with Gasteiger partial charge < -0.3 is 59.1 Å². The largest absolute Gasteiger partial charge is 0.481 e. The summed E-state index contributed by atoms with van der Waals surface area (Å²) in [5, 5.41) is 50.3. The molecular formula is C74H136O24S24. The predicted octanol–water partition coefficient (Wildman–Crippen LogP) is 24.5. The lowest BCUT2D eigenvalue weighted by Crippen LogP contribution is -2.13. The highest BCUT2D eigenvalue weighted by molar-refractivity contribution is 8.80. The fraction of sp³-hybridized carbons (Fsp3) is 0.838. The van der Waals surface area contributed by atoms with Crippen LogP contribution in [0.3, 0.4) is 0 Å². The average molecular weight is 2180 g/mol. The van der Waals surface area contributed by atoms with Crippen LogP contribution in [0.2, 0.25) is 0 Å². The van der Waals surface area contributed by atoms with Gasteiger partial charge in [0.25, 0.3) is 0 Å². The summed E-state index contributed by atoms with van der Waals surface area (Å²) in [7, 11) is 47.8. The highest BCUT2D eigenvalue weighted by Crippen LogP contribution is 2.34. The summed E-state index contributed by atoms with van der Waals surface area (Å²) >= 11 is 0. The van der Waals surface area contributed by atoms with Crippen molar-refractivity contribution in [3.8, 4) is 0 Å². The summed E-state index contributed by atoms with van der Waals surface area (Å²) in [6.45, 7) is 7.14. The Hall–Kier alpha value is 2.04. The Labute approximate surface area is 824 Å². The van der Waals surface area contributed by atoms with Gasteiger partial charge in [-0.3, -0.25) is 57.5 Å². The van der Waals surface area contributed by atoms with Crippen LogP contribution in [0.4, 0.5) is 0 Å². The van der Waals surface area contributed by atoms with Crippen LogP contribution in [0.1, 0.15) is 207 Å². The van der Waals surface area contributed by atoms with Crippen LogP contribution in [0, 0.1) is 0 Å². The molecule has 4 atom stereocenters. The Kier molecular flexibility index (Phi) is 123. The molecule has 0 heterocycles. The summed E-state index contributed by atoms with van der Waals surface area (Å²) in [4.78, 5) is 128. The molecule has 0 saturated heterocycles. The number of carboxylic acid groups (broad SMARTS) is 6. The van der Waals surface area contributed by atoms with Crippen molar-refractivity contribution in [2.45, 2.75) is 228 Å². The van der Waals surface area contributed by atoms with Crippen molar-refractivity contribution in [2.24, 2.45) is 0 Å². The Morgan fingerprint density at radius 1 is 0.197 bits per heavy atom. The smallest absolute Gasteiger partial charge is 0.319 e. The molecule has 720 valence electrons. The van der Waals surface area contributed by atoms with Gasteiger partial charge in [0, 0.05) is 92.0 Å². The molecule has 24 nitrogen and oxygen atoms in total. The van der Waals surface area contributed by atoms with E-state index in [2.05, 4.69) is 28.4 Å². The van der Waals surface area contributed by atoms with E-state index >= 15 is 0 Å². The van der Waals surface area contributed by atoms with Gasteiger partial charge in [-0.25, -0.2) is 0 Å². The van der Waals surface area contributed by atoms with Crippen molar-refractivity contribution in [3.05, 3.63) is 0 Å². The van der Waals surface area contributed by atoms with E-state index in [1.165, 1.54) is 189 Å². The van der Waals surface area contributed by atoms with Gasteiger partial charge in [0.2, 0.25) is 0 Å². The lowest BCUT2D eigenvalue weighted by molar-refractivity contribution is -0.140. The standard InChI is InChI=1S/2C14H26O4S4.3C12H22O4S4.C10H18O4S4/c1-11(13(15)17-3)21-19-9-7-5-6-8-10-20-22-12(2)14(16)18-4;1-17-13(15)7-11-21-19-9-5-3-4-6-10-20-22-12-8-14(16)18-2;1-15-11(13)9-19-17-7-5-3-4-6-8-18-20-10-12(14)16-2;1-9(11(13)14)19-17-7-5-3-4-6-8-18-20-10(2)12(15)16;13-11(14)5-9-19-17-7-3-1-2-4-8-18-20-10-6-12(15)16;11-9(12)7-17-15-5-3-1-2-4-6-16-18-8-10(13)14/h11-12H,5-10H2,1-4H3;3-12H2,1-2H3;3-10H2,1-2H3;9-10H,3-8H2,1-2H3,(H,13,14)(H,15,16);1-10H2,(H,13,14)(H,15,16);1-8H2,(H,11,12)(H,13,14). The van der Waals surface area contributed by atoms with Gasteiger partial charge in [-0.1, -0.05) is 336 Å². The van der Waals surface area contributed by atoms with Crippen molar-refractivity contribution in [2.75, 3.05) is 158 Å². The van der Waals surface area contributed by atoms with Crippen molar-refractivity contribution in [1.82, 2.24) is 0 Å². The van der Waals surface area contributed by atoms with Crippen molar-refractivity contribution in [3.63, 3.8) is 0 Å². The first-order valence-electron chi connectivity index (χ1n) is 39.5. The summed E-state index contributed by atoms with van der Waals surface area (Å²) in [5.74, 6) is 11.5. The molecule has 0 aliphatic rings. The molecule has 6 N–H and O–H groups in total. The number of carbonyl (C=O) groups is 12. The van der Waals surface area contributed by atoms with E-state index in [-0.39, 0.29) is 81.2 Å². The van der Waals surface area contributed by atoms with Crippen LogP contribution in [-0.2, 0) is 86.0 Å². The van der Waals surface area contributed by atoms with E-state index < -0.39 is 35.8 Å². The van der Waals surface area contributed by atoms with Gasteiger partial charge in [0.15, 0.2) is 0 Å². The monoisotopic (exact) mass is 2180 g/mol. The number of methoxy groups -OCH3 is 6. The number of aliphatic carboxylic acids is 6. The normalized spacial score (nSPS) is 11.6. The topological polar surface area (TPSA) is 382 Å². The molecule has 122 heavy (non-hydrogen) atoms. The van der Waals surface area contributed by atoms with Crippen molar-refractivity contribution in [1.29, 1.82) is 0 Å². The van der Waals surface area contributed by atoms with Gasteiger partial charge in [-0.2, -0.15) is 0 Å². The quantitative estimate of drug-likeness (QED) is 0.0143. The molecule has 0 aliphatic carbocycles.